The van der Waals surface area contributed by atoms with Crippen LogP contribution in [0.15, 0.2) is 48.5 Å². The first-order chi connectivity index (χ1) is 11.6. The molecule has 1 atom stereocenters. The van der Waals surface area contributed by atoms with Crippen molar-refractivity contribution in [3.63, 3.8) is 0 Å². The molecule has 3 rings (SSSR count). The standard InChI is InChI=1S/C19H18FNO2Si/c1-13(10-14-6-8-15(20)9-7-14)11-24-12-21-18(22)16-4-2-3-5-17(16)19(21)23/h2-9,13H,10-12H2,1H3. The zero-order valence-electron chi connectivity index (χ0n) is 13.5. The maximum Gasteiger partial charge on any atom is 0.261 e. The average molecular weight is 339 g/mol. The molecule has 3 nitrogen and oxygen atoms in total. The summed E-state index contributed by atoms with van der Waals surface area (Å²) < 4.78 is 12.9. The summed E-state index contributed by atoms with van der Waals surface area (Å²) in [7, 11) is 0.506. The van der Waals surface area contributed by atoms with Crippen LogP contribution in [0.5, 0.6) is 0 Å². The Hall–Kier alpha value is -2.27. The van der Waals surface area contributed by atoms with E-state index in [4.69, 9.17) is 0 Å². The minimum absolute atomic E-state index is 0.186. The van der Waals surface area contributed by atoms with Gasteiger partial charge in [-0.2, -0.15) is 0 Å². The lowest BCUT2D eigenvalue weighted by molar-refractivity contribution is 0.0680. The predicted molar refractivity (Wildman–Crippen MR) is 91.6 cm³/mol. The Bertz CT molecular complexity index is 725. The predicted octanol–water partition coefficient (Wildman–Crippen LogP) is 3.38. The number of nitrogens with zero attached hydrogens (tertiary/aromatic N) is 1. The van der Waals surface area contributed by atoms with Gasteiger partial charge in [0.15, 0.2) is 0 Å². The highest BCUT2D eigenvalue weighted by Gasteiger charge is 2.34. The molecule has 0 N–H and O–H groups in total. The normalized spacial score (nSPS) is 14.8. The minimum atomic E-state index is -0.223. The monoisotopic (exact) mass is 339 g/mol. The van der Waals surface area contributed by atoms with Gasteiger partial charge in [-0.15, -0.1) is 0 Å². The molecule has 0 saturated carbocycles. The molecule has 24 heavy (non-hydrogen) atoms. The fourth-order valence-corrected chi connectivity index (χ4v) is 4.18. The van der Waals surface area contributed by atoms with Crippen molar-refractivity contribution in [3.05, 3.63) is 71.0 Å². The third-order valence-electron chi connectivity index (χ3n) is 4.14. The van der Waals surface area contributed by atoms with Gasteiger partial charge in [-0.05, 0) is 42.2 Å². The van der Waals surface area contributed by atoms with E-state index < -0.39 is 0 Å². The van der Waals surface area contributed by atoms with E-state index >= 15 is 0 Å². The molecule has 0 fully saturated rings. The van der Waals surface area contributed by atoms with Crippen molar-refractivity contribution in [2.75, 3.05) is 6.17 Å². The van der Waals surface area contributed by atoms with Crippen molar-refractivity contribution in [1.29, 1.82) is 0 Å². The molecule has 2 radical (unpaired) electrons. The highest BCUT2D eigenvalue weighted by molar-refractivity contribution is 6.38. The van der Waals surface area contributed by atoms with Crippen LogP contribution in [-0.4, -0.2) is 32.4 Å². The molecular weight excluding hydrogens is 321 g/mol. The number of hydrogen-bond donors (Lipinski definition) is 0. The van der Waals surface area contributed by atoms with E-state index in [0.717, 1.165) is 18.0 Å². The second kappa shape index (κ2) is 7.09. The largest absolute Gasteiger partial charge is 0.278 e. The number of carbonyl (C=O) groups is 2. The van der Waals surface area contributed by atoms with Crippen LogP contribution in [0, 0.1) is 11.7 Å². The molecule has 0 spiro atoms. The van der Waals surface area contributed by atoms with Crippen molar-refractivity contribution >= 4 is 21.3 Å². The quantitative estimate of drug-likeness (QED) is 0.598. The van der Waals surface area contributed by atoms with Gasteiger partial charge in [-0.25, -0.2) is 4.39 Å². The first-order valence-electron chi connectivity index (χ1n) is 7.96. The van der Waals surface area contributed by atoms with Crippen molar-refractivity contribution in [2.45, 2.75) is 19.4 Å². The number of fused-ring (bicyclic) bond motifs is 1. The zero-order chi connectivity index (χ0) is 17.1. The molecule has 2 aromatic carbocycles. The number of halogens is 1. The van der Waals surface area contributed by atoms with Gasteiger partial charge in [-0.3, -0.25) is 14.5 Å². The van der Waals surface area contributed by atoms with Crippen LogP contribution in [0.3, 0.4) is 0 Å². The van der Waals surface area contributed by atoms with Crippen LogP contribution in [0.25, 0.3) is 0 Å². The molecular formula is C19H18FNO2Si. The van der Waals surface area contributed by atoms with E-state index in [1.807, 2.05) is 0 Å². The Balaban J connectivity index is 1.51. The summed E-state index contributed by atoms with van der Waals surface area (Å²) in [6.07, 6.45) is 1.34. The van der Waals surface area contributed by atoms with Crippen LogP contribution >= 0.6 is 0 Å². The summed E-state index contributed by atoms with van der Waals surface area (Å²) in [4.78, 5) is 25.9. The maximum absolute atomic E-state index is 12.9. The Labute approximate surface area is 143 Å². The van der Waals surface area contributed by atoms with Crippen molar-refractivity contribution in [1.82, 2.24) is 4.90 Å². The number of imide groups is 1. The first kappa shape index (κ1) is 16.6. The third kappa shape index (κ3) is 3.46. The summed E-state index contributed by atoms with van der Waals surface area (Å²) in [5.74, 6) is -0.175. The van der Waals surface area contributed by atoms with Gasteiger partial charge < -0.3 is 0 Å². The topological polar surface area (TPSA) is 37.4 Å². The van der Waals surface area contributed by atoms with Crippen LogP contribution in [0.2, 0.25) is 6.04 Å². The zero-order valence-corrected chi connectivity index (χ0v) is 14.5. The highest BCUT2D eigenvalue weighted by Crippen LogP contribution is 2.22. The van der Waals surface area contributed by atoms with Crippen LogP contribution in [-0.2, 0) is 6.42 Å². The number of benzene rings is 2. The molecule has 1 aliphatic rings. The molecule has 1 unspecified atom stereocenters. The Morgan fingerprint density at radius 3 is 2.17 bits per heavy atom. The molecule has 0 aromatic heterocycles. The second-order valence-electron chi connectivity index (χ2n) is 6.13. The molecule has 2 aromatic rings. The van der Waals surface area contributed by atoms with Gasteiger partial charge in [0.05, 0.1) is 20.6 Å². The number of carbonyl (C=O) groups excluding carboxylic acids is 2. The summed E-state index contributed by atoms with van der Waals surface area (Å²) >= 11 is 0. The van der Waals surface area contributed by atoms with Gasteiger partial charge in [0.1, 0.15) is 5.82 Å². The van der Waals surface area contributed by atoms with E-state index in [0.29, 0.717) is 32.7 Å². The summed E-state index contributed by atoms with van der Waals surface area (Å²) in [5.41, 5.74) is 2.12. The van der Waals surface area contributed by atoms with Crippen LogP contribution in [0.1, 0.15) is 33.2 Å². The lowest BCUT2D eigenvalue weighted by atomic mass is 10.0. The highest BCUT2D eigenvalue weighted by atomic mass is 28.2. The number of rotatable bonds is 6. The molecule has 5 heteroatoms. The molecule has 1 aliphatic heterocycles. The van der Waals surface area contributed by atoms with Crippen LogP contribution in [0.4, 0.5) is 4.39 Å². The Morgan fingerprint density at radius 2 is 1.58 bits per heavy atom. The fourth-order valence-electron chi connectivity index (χ4n) is 2.90. The van der Waals surface area contributed by atoms with Gasteiger partial charge in [0, 0.05) is 6.17 Å². The first-order valence-corrected chi connectivity index (χ1v) is 9.38. The molecule has 1 heterocycles. The SMILES string of the molecule is CC(C[Si]CN1C(=O)c2ccccc2C1=O)Cc1ccc(F)cc1. The molecule has 122 valence electrons. The number of hydrogen-bond acceptors (Lipinski definition) is 2. The van der Waals surface area contributed by atoms with Crippen molar-refractivity contribution < 1.29 is 14.0 Å². The lowest BCUT2D eigenvalue weighted by Gasteiger charge is -2.15. The van der Waals surface area contributed by atoms with E-state index in [2.05, 4.69) is 6.92 Å². The lowest BCUT2D eigenvalue weighted by Crippen LogP contribution is -2.34. The summed E-state index contributed by atoms with van der Waals surface area (Å²) in [6, 6.07) is 14.5. The van der Waals surface area contributed by atoms with Gasteiger partial charge in [0.25, 0.3) is 11.8 Å². The average Bonchev–Trinajstić information content (AvgIpc) is 2.82. The van der Waals surface area contributed by atoms with Gasteiger partial charge in [-0.1, -0.05) is 37.2 Å². The fraction of sp³-hybridized carbons (Fsp3) is 0.263. The number of amides is 2. The minimum Gasteiger partial charge on any atom is -0.278 e. The second-order valence-corrected chi connectivity index (χ2v) is 7.36. The summed E-state index contributed by atoms with van der Waals surface area (Å²) in [5, 5.41) is 0. The third-order valence-corrected chi connectivity index (χ3v) is 5.66. The van der Waals surface area contributed by atoms with Gasteiger partial charge >= 0.3 is 0 Å². The molecule has 0 bridgehead atoms. The molecule has 2 amide bonds. The Kier molecular flexibility index (Phi) is 4.90. The molecule has 0 saturated heterocycles. The van der Waals surface area contributed by atoms with Gasteiger partial charge in [0.2, 0.25) is 0 Å². The van der Waals surface area contributed by atoms with E-state index in [1.165, 1.54) is 17.0 Å². The van der Waals surface area contributed by atoms with E-state index in [9.17, 15) is 14.0 Å². The maximum atomic E-state index is 12.9. The molecule has 0 aliphatic carbocycles. The Morgan fingerprint density at radius 1 is 1.00 bits per heavy atom. The van der Waals surface area contributed by atoms with Crippen LogP contribution < -0.4 is 0 Å². The van der Waals surface area contributed by atoms with E-state index in [1.54, 1.807) is 36.4 Å². The van der Waals surface area contributed by atoms with Crippen molar-refractivity contribution in [3.8, 4) is 0 Å². The van der Waals surface area contributed by atoms with E-state index in [-0.39, 0.29) is 17.6 Å². The smallest absolute Gasteiger partial charge is 0.261 e. The van der Waals surface area contributed by atoms with Crippen molar-refractivity contribution in [2.24, 2.45) is 5.92 Å². The summed E-state index contributed by atoms with van der Waals surface area (Å²) in [6.45, 7) is 2.14.